The molecule has 0 amide bonds. The van der Waals surface area contributed by atoms with Gasteiger partial charge in [0.25, 0.3) is 0 Å². The number of rotatable bonds is 4. The summed E-state index contributed by atoms with van der Waals surface area (Å²) in [6.07, 6.45) is 2.04. The molecule has 0 radical (unpaired) electrons. The number of aliphatic carboxylic acids is 2. The summed E-state index contributed by atoms with van der Waals surface area (Å²) in [4.78, 5) is 19.2. The fraction of sp³-hybridized carbons (Fsp3) is 0.500. The Labute approximate surface area is 102 Å². The number of carbonyl (C=O) groups is 2. The van der Waals surface area contributed by atoms with E-state index in [1.54, 1.807) is 0 Å². The number of hydrogen-bond donors (Lipinski definition) is 3. The molecule has 0 aromatic carbocycles. The zero-order chi connectivity index (χ0) is 14.4. The quantitative estimate of drug-likeness (QED) is 0.660. The number of hydrogen-bond acceptors (Lipinski definition) is 3. The lowest BCUT2D eigenvalue weighted by Crippen LogP contribution is -1.92. The normalized spacial score (nSPS) is 7.76. The van der Waals surface area contributed by atoms with Gasteiger partial charge in [-0.05, 0) is 20.3 Å². The third kappa shape index (κ3) is 31.4. The van der Waals surface area contributed by atoms with E-state index in [2.05, 4.69) is 20.1 Å². The Hall–Kier alpha value is -1.62. The zero-order valence-corrected chi connectivity index (χ0v) is 10.7. The van der Waals surface area contributed by atoms with E-state index in [4.69, 9.17) is 15.3 Å². The predicted octanol–water partition coefficient (Wildman–Crippen LogP) is 2.07. The molecule has 0 rings (SSSR count). The standard InChI is InChI=1S/2C4H6O2.C4H10O/c2*1-3(2)4(5)6;1-2-3-4-5/h2*1H2,2H3,(H,5,6);5H,2-4H2,1H3. The summed E-state index contributed by atoms with van der Waals surface area (Å²) in [5.41, 5.74) is 0.352. The monoisotopic (exact) mass is 246 g/mol. The van der Waals surface area contributed by atoms with Crippen molar-refractivity contribution in [2.45, 2.75) is 33.6 Å². The second kappa shape index (κ2) is 14.4. The minimum absolute atomic E-state index is 0.176. The Bertz CT molecular complexity index is 206. The van der Waals surface area contributed by atoms with Gasteiger partial charge in [0.1, 0.15) is 0 Å². The van der Waals surface area contributed by atoms with Crippen molar-refractivity contribution in [1.82, 2.24) is 0 Å². The van der Waals surface area contributed by atoms with Gasteiger partial charge in [0.2, 0.25) is 0 Å². The summed E-state index contributed by atoms with van der Waals surface area (Å²) in [5.74, 6) is -1.87. The van der Waals surface area contributed by atoms with E-state index in [9.17, 15) is 9.59 Å². The Morgan fingerprint density at radius 2 is 1.24 bits per heavy atom. The van der Waals surface area contributed by atoms with E-state index in [1.807, 2.05) is 0 Å². The van der Waals surface area contributed by atoms with E-state index in [1.165, 1.54) is 13.8 Å². The summed E-state index contributed by atoms with van der Waals surface area (Å²) in [6.45, 7) is 11.6. The van der Waals surface area contributed by atoms with Crippen LogP contribution in [-0.2, 0) is 9.59 Å². The van der Waals surface area contributed by atoms with Gasteiger partial charge < -0.3 is 15.3 Å². The fourth-order valence-electron chi connectivity index (χ4n) is 0.158. The molecule has 5 nitrogen and oxygen atoms in total. The van der Waals surface area contributed by atoms with Crippen LogP contribution >= 0.6 is 0 Å². The molecular weight excluding hydrogens is 224 g/mol. The Morgan fingerprint density at radius 3 is 1.24 bits per heavy atom. The number of unbranched alkanes of at least 4 members (excludes halogenated alkanes) is 1. The second-order valence-corrected chi connectivity index (χ2v) is 3.25. The van der Waals surface area contributed by atoms with Crippen LogP contribution in [0.1, 0.15) is 33.6 Å². The summed E-state index contributed by atoms with van der Waals surface area (Å²) in [6, 6.07) is 0. The summed E-state index contributed by atoms with van der Waals surface area (Å²) in [5, 5.41) is 23.8. The van der Waals surface area contributed by atoms with Gasteiger partial charge in [-0.25, -0.2) is 9.59 Å². The molecule has 3 N–H and O–H groups in total. The largest absolute Gasteiger partial charge is 0.478 e. The molecule has 0 aromatic rings. The lowest BCUT2D eigenvalue weighted by molar-refractivity contribution is -0.133. The summed E-state index contributed by atoms with van der Waals surface area (Å²) < 4.78 is 0. The smallest absolute Gasteiger partial charge is 0.330 e. The Kier molecular flexibility index (Phi) is 17.6. The van der Waals surface area contributed by atoms with Crippen LogP contribution in [0.5, 0.6) is 0 Å². The second-order valence-electron chi connectivity index (χ2n) is 3.25. The molecule has 0 atom stereocenters. The highest BCUT2D eigenvalue weighted by Crippen LogP contribution is 1.81. The van der Waals surface area contributed by atoms with E-state index in [-0.39, 0.29) is 11.1 Å². The number of carboxylic acid groups (broad SMARTS) is 2. The number of aliphatic hydroxyl groups is 1. The Balaban J connectivity index is -0.000000174. The lowest BCUT2D eigenvalue weighted by Gasteiger charge is -1.79. The molecule has 17 heavy (non-hydrogen) atoms. The maximum atomic E-state index is 9.60. The van der Waals surface area contributed by atoms with Crippen LogP contribution in [0.15, 0.2) is 24.3 Å². The molecular formula is C12H22O5. The number of aliphatic hydroxyl groups excluding tert-OH is 1. The molecule has 0 unspecified atom stereocenters. The van der Waals surface area contributed by atoms with Crippen molar-refractivity contribution in [3.8, 4) is 0 Å². The molecule has 0 fully saturated rings. The van der Waals surface area contributed by atoms with Crippen molar-refractivity contribution in [3.63, 3.8) is 0 Å². The van der Waals surface area contributed by atoms with Gasteiger partial charge in [-0.3, -0.25) is 0 Å². The third-order valence-electron chi connectivity index (χ3n) is 1.24. The molecule has 0 aliphatic carbocycles. The molecule has 0 saturated heterocycles. The van der Waals surface area contributed by atoms with Gasteiger partial charge >= 0.3 is 11.9 Å². The Morgan fingerprint density at radius 1 is 1.00 bits per heavy atom. The van der Waals surface area contributed by atoms with Gasteiger partial charge in [-0.2, -0.15) is 0 Å². The predicted molar refractivity (Wildman–Crippen MR) is 66.9 cm³/mol. The highest BCUT2D eigenvalue weighted by molar-refractivity contribution is 5.85. The van der Waals surface area contributed by atoms with Crippen LogP contribution in [0.4, 0.5) is 0 Å². The lowest BCUT2D eigenvalue weighted by atomic mass is 10.4. The van der Waals surface area contributed by atoms with Crippen molar-refractivity contribution in [3.05, 3.63) is 24.3 Å². The first kappa shape index (κ1) is 20.8. The average Bonchev–Trinajstić information content (AvgIpc) is 2.20. The van der Waals surface area contributed by atoms with Crippen molar-refractivity contribution in [2.24, 2.45) is 0 Å². The maximum absolute atomic E-state index is 9.60. The van der Waals surface area contributed by atoms with E-state index >= 15 is 0 Å². The molecule has 5 heteroatoms. The van der Waals surface area contributed by atoms with Crippen LogP contribution in [0.3, 0.4) is 0 Å². The summed E-state index contributed by atoms with van der Waals surface area (Å²) >= 11 is 0. The van der Waals surface area contributed by atoms with Crippen molar-refractivity contribution < 1.29 is 24.9 Å². The van der Waals surface area contributed by atoms with Crippen LogP contribution < -0.4 is 0 Å². The van der Waals surface area contributed by atoms with Crippen molar-refractivity contribution in [1.29, 1.82) is 0 Å². The zero-order valence-electron chi connectivity index (χ0n) is 10.7. The molecule has 0 aliphatic heterocycles. The van der Waals surface area contributed by atoms with Gasteiger partial charge in [-0.1, -0.05) is 26.5 Å². The SMILES string of the molecule is C=C(C)C(=O)O.C=C(C)C(=O)O.CCCCO. The molecule has 0 bridgehead atoms. The van der Waals surface area contributed by atoms with Crippen molar-refractivity contribution >= 4 is 11.9 Å². The average molecular weight is 246 g/mol. The molecule has 0 aliphatic rings. The first-order chi connectivity index (χ1) is 7.70. The van der Waals surface area contributed by atoms with E-state index in [0.717, 1.165) is 12.8 Å². The fourth-order valence-corrected chi connectivity index (χ4v) is 0.158. The highest BCUT2D eigenvalue weighted by atomic mass is 16.4. The van der Waals surface area contributed by atoms with E-state index in [0.29, 0.717) is 6.61 Å². The molecule has 0 saturated carbocycles. The number of carboxylic acids is 2. The maximum Gasteiger partial charge on any atom is 0.330 e. The first-order valence-corrected chi connectivity index (χ1v) is 5.09. The minimum atomic E-state index is -0.935. The molecule has 0 spiro atoms. The molecule has 0 heterocycles. The van der Waals surface area contributed by atoms with Gasteiger partial charge in [0, 0.05) is 17.8 Å². The molecule has 100 valence electrons. The van der Waals surface area contributed by atoms with Crippen LogP contribution in [0.25, 0.3) is 0 Å². The summed E-state index contributed by atoms with van der Waals surface area (Å²) in [7, 11) is 0. The van der Waals surface area contributed by atoms with Crippen LogP contribution in [-0.4, -0.2) is 33.9 Å². The first-order valence-electron chi connectivity index (χ1n) is 5.09. The third-order valence-corrected chi connectivity index (χ3v) is 1.24. The van der Waals surface area contributed by atoms with Gasteiger partial charge in [-0.15, -0.1) is 0 Å². The van der Waals surface area contributed by atoms with Gasteiger partial charge in [0.05, 0.1) is 0 Å². The van der Waals surface area contributed by atoms with Crippen molar-refractivity contribution in [2.75, 3.05) is 6.61 Å². The minimum Gasteiger partial charge on any atom is -0.478 e. The molecule has 0 aromatic heterocycles. The van der Waals surface area contributed by atoms with E-state index < -0.39 is 11.9 Å². The highest BCUT2D eigenvalue weighted by Gasteiger charge is 1.90. The van der Waals surface area contributed by atoms with Crippen LogP contribution in [0, 0.1) is 0 Å². The topological polar surface area (TPSA) is 94.8 Å². The van der Waals surface area contributed by atoms with Crippen LogP contribution in [0.2, 0.25) is 0 Å². The van der Waals surface area contributed by atoms with Gasteiger partial charge in [0.15, 0.2) is 0 Å².